The number of aromatic carboxylic acids is 1. The molecule has 1 aromatic rings. The fourth-order valence-electron chi connectivity index (χ4n) is 1.09. The van der Waals surface area contributed by atoms with Gasteiger partial charge in [-0.1, -0.05) is 27.8 Å². The Labute approximate surface area is 107 Å². The minimum atomic E-state index is -1.06. The third-order valence-corrected chi connectivity index (χ3v) is 2.39. The number of hydrogen-bond acceptors (Lipinski definition) is 3. The van der Waals surface area contributed by atoms with E-state index >= 15 is 0 Å². The quantitative estimate of drug-likeness (QED) is 0.670. The fraction of sp³-hybridized carbons (Fsp3) is 0.167. The van der Waals surface area contributed by atoms with Crippen LogP contribution < -0.4 is 0 Å². The van der Waals surface area contributed by atoms with Crippen molar-refractivity contribution >= 4 is 27.9 Å². The molecule has 0 aliphatic carbocycles. The number of carboxylic acid groups (broad SMARTS) is 1. The van der Waals surface area contributed by atoms with Crippen LogP contribution in [0, 0.1) is 11.8 Å². The van der Waals surface area contributed by atoms with Gasteiger partial charge in [0, 0.05) is 10.0 Å². The van der Waals surface area contributed by atoms with Crippen molar-refractivity contribution in [2.24, 2.45) is 0 Å². The number of methoxy groups -OCH3 is 1. The van der Waals surface area contributed by atoms with Crippen molar-refractivity contribution in [1.82, 2.24) is 0 Å². The lowest BCUT2D eigenvalue weighted by atomic mass is 10.1. The number of rotatable bonds is 2. The Morgan fingerprint density at radius 1 is 1.47 bits per heavy atom. The van der Waals surface area contributed by atoms with Crippen LogP contribution in [-0.4, -0.2) is 24.2 Å². The summed E-state index contributed by atoms with van der Waals surface area (Å²) in [4.78, 5) is 21.7. The summed E-state index contributed by atoms with van der Waals surface area (Å²) in [6.45, 7) is 0. The lowest BCUT2D eigenvalue weighted by Crippen LogP contribution is -2.00. The van der Waals surface area contributed by atoms with Gasteiger partial charge >= 0.3 is 11.9 Å². The molecule has 0 aliphatic heterocycles. The van der Waals surface area contributed by atoms with Crippen molar-refractivity contribution in [3.63, 3.8) is 0 Å². The highest BCUT2D eigenvalue weighted by atomic mass is 79.9. The normalized spacial score (nSPS) is 9.06. The Balaban J connectivity index is 3.00. The van der Waals surface area contributed by atoms with Gasteiger partial charge in [0.1, 0.15) is 6.42 Å². The van der Waals surface area contributed by atoms with Crippen molar-refractivity contribution in [3.05, 3.63) is 33.8 Å². The zero-order valence-corrected chi connectivity index (χ0v) is 10.6. The van der Waals surface area contributed by atoms with Crippen molar-refractivity contribution in [2.75, 3.05) is 7.11 Å². The van der Waals surface area contributed by atoms with Crippen molar-refractivity contribution in [2.45, 2.75) is 6.42 Å². The van der Waals surface area contributed by atoms with Gasteiger partial charge in [0.15, 0.2) is 0 Å². The highest BCUT2D eigenvalue weighted by molar-refractivity contribution is 9.10. The molecule has 0 spiro atoms. The van der Waals surface area contributed by atoms with Crippen LogP contribution in [0.5, 0.6) is 0 Å². The maximum Gasteiger partial charge on any atom is 0.336 e. The Bertz CT molecular complexity index is 511. The summed E-state index contributed by atoms with van der Waals surface area (Å²) in [5.41, 5.74) is 0.460. The number of esters is 1. The highest BCUT2D eigenvalue weighted by Gasteiger charge is 2.08. The summed E-state index contributed by atoms with van der Waals surface area (Å²) in [6, 6.07) is 4.66. The maximum absolute atomic E-state index is 10.9. The lowest BCUT2D eigenvalue weighted by molar-refractivity contribution is -0.139. The molecule has 1 rings (SSSR count). The second-order valence-electron chi connectivity index (χ2n) is 3.05. The molecule has 17 heavy (non-hydrogen) atoms. The van der Waals surface area contributed by atoms with Crippen molar-refractivity contribution < 1.29 is 19.4 Å². The number of hydrogen-bond donors (Lipinski definition) is 1. The summed E-state index contributed by atoms with van der Waals surface area (Å²) < 4.78 is 5.15. The Morgan fingerprint density at radius 2 is 2.18 bits per heavy atom. The number of halogens is 1. The van der Waals surface area contributed by atoms with Crippen LogP contribution in [0.3, 0.4) is 0 Å². The standard InChI is InChI=1S/C12H9BrO4/c1-17-11(14)4-2-3-8-7-9(13)5-6-10(8)12(15)16/h5-7H,4H2,1H3,(H,15,16). The molecule has 4 nitrogen and oxygen atoms in total. The van der Waals surface area contributed by atoms with E-state index in [4.69, 9.17) is 5.11 Å². The number of carbonyl (C=O) groups excluding carboxylic acids is 1. The topological polar surface area (TPSA) is 63.6 Å². The minimum absolute atomic E-state index is 0.0674. The number of carboxylic acids is 1. The predicted octanol–water partition coefficient (Wildman–Crippen LogP) is 2.06. The van der Waals surface area contributed by atoms with E-state index in [0.717, 1.165) is 4.47 Å². The van der Waals surface area contributed by atoms with Crippen molar-refractivity contribution in [1.29, 1.82) is 0 Å². The maximum atomic E-state index is 10.9. The second-order valence-corrected chi connectivity index (χ2v) is 3.97. The Morgan fingerprint density at radius 3 is 2.76 bits per heavy atom. The highest BCUT2D eigenvalue weighted by Crippen LogP contribution is 2.16. The van der Waals surface area contributed by atoms with Crippen LogP contribution in [0.15, 0.2) is 22.7 Å². The SMILES string of the molecule is COC(=O)CC#Cc1cc(Br)ccc1C(=O)O. The summed E-state index contributed by atoms with van der Waals surface area (Å²) in [5.74, 6) is 3.70. The van der Waals surface area contributed by atoms with E-state index in [1.54, 1.807) is 12.1 Å². The molecule has 88 valence electrons. The van der Waals surface area contributed by atoms with Gasteiger partial charge in [-0.25, -0.2) is 4.79 Å². The predicted molar refractivity (Wildman–Crippen MR) is 64.6 cm³/mol. The number of carbonyl (C=O) groups is 2. The van der Waals surface area contributed by atoms with Crippen molar-refractivity contribution in [3.8, 4) is 11.8 Å². The van der Waals surface area contributed by atoms with E-state index in [0.29, 0.717) is 5.56 Å². The molecule has 0 saturated heterocycles. The second kappa shape index (κ2) is 6.06. The van der Waals surface area contributed by atoms with Crippen LogP contribution >= 0.6 is 15.9 Å². The molecule has 1 N–H and O–H groups in total. The summed E-state index contributed by atoms with van der Waals surface area (Å²) in [6.07, 6.45) is -0.0674. The third kappa shape index (κ3) is 3.93. The first kappa shape index (κ1) is 13.3. The van der Waals surface area contributed by atoms with Gasteiger partial charge in [0.05, 0.1) is 12.7 Å². The van der Waals surface area contributed by atoms with Gasteiger partial charge in [0.25, 0.3) is 0 Å². The summed E-state index contributed by atoms with van der Waals surface area (Å²) in [5, 5.41) is 8.94. The molecule has 0 amide bonds. The van der Waals surface area contributed by atoms with Crippen LogP contribution in [-0.2, 0) is 9.53 Å². The Hall–Kier alpha value is -1.80. The molecular formula is C12H9BrO4. The molecule has 0 fully saturated rings. The first-order chi connectivity index (χ1) is 8.04. The first-order valence-electron chi connectivity index (χ1n) is 4.63. The largest absolute Gasteiger partial charge is 0.478 e. The van der Waals surface area contributed by atoms with E-state index in [1.165, 1.54) is 13.2 Å². The van der Waals surface area contributed by atoms with Gasteiger partial charge in [-0.3, -0.25) is 4.79 Å². The van der Waals surface area contributed by atoms with Gasteiger partial charge in [-0.15, -0.1) is 0 Å². The van der Waals surface area contributed by atoms with E-state index < -0.39 is 11.9 Å². The molecule has 0 aromatic heterocycles. The van der Waals surface area contributed by atoms with E-state index in [9.17, 15) is 9.59 Å². The first-order valence-corrected chi connectivity index (χ1v) is 5.42. The fourth-order valence-corrected chi connectivity index (χ4v) is 1.45. The van der Waals surface area contributed by atoms with Gasteiger partial charge in [-0.05, 0) is 18.2 Å². The molecule has 5 heteroatoms. The average Bonchev–Trinajstić information content (AvgIpc) is 2.28. The summed E-state index contributed by atoms with van der Waals surface area (Å²) >= 11 is 3.23. The van der Waals surface area contributed by atoms with Crippen LogP contribution in [0.25, 0.3) is 0 Å². The molecule has 0 unspecified atom stereocenters. The van der Waals surface area contributed by atoms with E-state index in [2.05, 4.69) is 32.5 Å². The average molecular weight is 297 g/mol. The van der Waals surface area contributed by atoms with Gasteiger partial charge in [0.2, 0.25) is 0 Å². The zero-order valence-electron chi connectivity index (χ0n) is 8.99. The molecule has 0 saturated carbocycles. The molecular weight excluding hydrogens is 288 g/mol. The Kier molecular flexibility index (Phi) is 4.73. The van der Waals surface area contributed by atoms with E-state index in [-0.39, 0.29) is 12.0 Å². The molecule has 0 radical (unpaired) electrons. The zero-order chi connectivity index (χ0) is 12.8. The van der Waals surface area contributed by atoms with Gasteiger partial charge in [-0.2, -0.15) is 0 Å². The molecule has 0 atom stereocenters. The molecule has 0 aliphatic rings. The lowest BCUT2D eigenvalue weighted by Gasteiger charge is -1.99. The minimum Gasteiger partial charge on any atom is -0.478 e. The number of benzene rings is 1. The monoisotopic (exact) mass is 296 g/mol. The van der Waals surface area contributed by atoms with Crippen LogP contribution in [0.2, 0.25) is 0 Å². The van der Waals surface area contributed by atoms with E-state index in [1.807, 2.05) is 0 Å². The van der Waals surface area contributed by atoms with Gasteiger partial charge < -0.3 is 9.84 Å². The summed E-state index contributed by atoms with van der Waals surface area (Å²) in [7, 11) is 1.27. The molecule has 1 aromatic carbocycles. The molecule has 0 bridgehead atoms. The molecule has 0 heterocycles. The number of ether oxygens (including phenoxy) is 1. The smallest absolute Gasteiger partial charge is 0.336 e. The van der Waals surface area contributed by atoms with Crippen LogP contribution in [0.4, 0.5) is 0 Å². The van der Waals surface area contributed by atoms with Crippen LogP contribution in [0.1, 0.15) is 22.3 Å². The third-order valence-electron chi connectivity index (χ3n) is 1.90.